The Balaban J connectivity index is 0. The molecular weight excluding hydrogens is 180 g/mol. The first kappa shape index (κ1) is 16.4. The Morgan fingerprint density at radius 3 is 1.67 bits per heavy atom. The molecule has 0 N–H and O–H groups in total. The van der Waals surface area contributed by atoms with Crippen molar-refractivity contribution in [1.82, 2.24) is 0 Å². The molecule has 0 unspecified atom stereocenters. The van der Waals surface area contributed by atoms with Gasteiger partial charge in [0, 0.05) is 0 Å². The molecule has 0 aliphatic heterocycles. The maximum absolute atomic E-state index is 3.60. The van der Waals surface area contributed by atoms with E-state index in [1.807, 2.05) is 13.0 Å². The second-order valence-corrected chi connectivity index (χ2v) is 3.92. The van der Waals surface area contributed by atoms with Crippen LogP contribution in [0.2, 0.25) is 0 Å². The Kier molecular flexibility index (Phi) is 14.2. The predicted molar refractivity (Wildman–Crippen MR) is 73.1 cm³/mol. The molecule has 0 saturated carbocycles. The molecule has 0 bridgehead atoms. The monoisotopic (exact) mass is 206 g/mol. The van der Waals surface area contributed by atoms with Gasteiger partial charge < -0.3 is 0 Å². The van der Waals surface area contributed by atoms with Gasteiger partial charge >= 0.3 is 0 Å². The molecule has 0 aromatic rings. The molecule has 0 spiro atoms. The molecule has 0 heteroatoms. The van der Waals surface area contributed by atoms with Gasteiger partial charge in [0.05, 0.1) is 0 Å². The third-order valence-corrected chi connectivity index (χ3v) is 1.52. The van der Waals surface area contributed by atoms with Gasteiger partial charge in [0.1, 0.15) is 0 Å². The van der Waals surface area contributed by atoms with Crippen LogP contribution in [0.25, 0.3) is 0 Å². The van der Waals surface area contributed by atoms with E-state index in [0.717, 1.165) is 12.8 Å². The summed E-state index contributed by atoms with van der Waals surface area (Å²) in [7, 11) is 0. The molecule has 0 amide bonds. The molecule has 86 valence electrons. The van der Waals surface area contributed by atoms with Crippen molar-refractivity contribution in [3.8, 4) is 0 Å². The Hall–Kier alpha value is -1.04. The van der Waals surface area contributed by atoms with Crippen LogP contribution < -0.4 is 0 Å². The van der Waals surface area contributed by atoms with Gasteiger partial charge in [-0.05, 0) is 47.5 Å². The average molecular weight is 206 g/mol. The van der Waals surface area contributed by atoms with Crippen molar-refractivity contribution in [2.24, 2.45) is 0 Å². The molecule has 0 heterocycles. The quantitative estimate of drug-likeness (QED) is 0.326. The zero-order valence-electron chi connectivity index (χ0n) is 11.0. The molecule has 0 aromatic carbocycles. The van der Waals surface area contributed by atoms with Crippen LogP contribution in [0.5, 0.6) is 0 Å². The van der Waals surface area contributed by atoms with Crippen LogP contribution in [0.1, 0.15) is 47.5 Å². The maximum atomic E-state index is 3.60. The molecule has 0 aliphatic rings. The van der Waals surface area contributed by atoms with Crippen LogP contribution in [0.15, 0.2) is 48.1 Å². The van der Waals surface area contributed by atoms with Gasteiger partial charge in [-0.2, -0.15) is 0 Å². The number of unbranched alkanes of at least 4 members (excludes halogenated alkanes) is 1. The molecule has 0 fully saturated rings. The Labute approximate surface area is 96.1 Å². The molecule has 0 nitrogen and oxygen atoms in total. The van der Waals surface area contributed by atoms with Gasteiger partial charge in [-0.1, -0.05) is 41.5 Å². The summed E-state index contributed by atoms with van der Waals surface area (Å²) in [6.07, 6.45) is 12.6. The van der Waals surface area contributed by atoms with Crippen molar-refractivity contribution >= 4 is 0 Å². The summed E-state index contributed by atoms with van der Waals surface area (Å²) in [6.45, 7) is 14.0. The normalized spacial score (nSPS) is 8.87. The lowest BCUT2D eigenvalue weighted by molar-refractivity contribution is 1.05. The Morgan fingerprint density at radius 1 is 0.933 bits per heavy atom. The molecule has 0 rings (SSSR count). The van der Waals surface area contributed by atoms with E-state index in [0.29, 0.717) is 0 Å². The largest absolute Gasteiger partial charge is 0.103 e. The lowest BCUT2D eigenvalue weighted by atomic mass is 10.2. The highest BCUT2D eigenvalue weighted by Crippen LogP contribution is 1.93. The standard InChI is InChI=1S/C8H14.C7H12/c1-7(2)5-6-8(3)4;1-3-5-7-6-4-2/h5-6H,1-4H3;3-4,6H,1,5,7H2,2H3/b;6-4+. The lowest BCUT2D eigenvalue weighted by Gasteiger charge is -1.84. The second-order valence-electron chi connectivity index (χ2n) is 3.92. The summed E-state index contributed by atoms with van der Waals surface area (Å²) >= 11 is 0. The molecule has 0 saturated heterocycles. The first-order valence-electron chi connectivity index (χ1n) is 5.55. The van der Waals surface area contributed by atoms with E-state index < -0.39 is 0 Å². The zero-order chi connectivity index (χ0) is 12.1. The van der Waals surface area contributed by atoms with Gasteiger partial charge in [0.2, 0.25) is 0 Å². The summed E-state index contributed by atoms with van der Waals surface area (Å²) in [5, 5.41) is 0. The van der Waals surface area contributed by atoms with Crippen LogP contribution in [0, 0.1) is 0 Å². The molecule has 15 heavy (non-hydrogen) atoms. The van der Waals surface area contributed by atoms with Crippen LogP contribution in [0.4, 0.5) is 0 Å². The highest BCUT2D eigenvalue weighted by atomic mass is 13.8. The Bertz CT molecular complexity index is 202. The lowest BCUT2D eigenvalue weighted by Crippen LogP contribution is -1.62. The first-order valence-corrected chi connectivity index (χ1v) is 5.55. The minimum atomic E-state index is 1.10. The van der Waals surface area contributed by atoms with Crippen LogP contribution in [0.3, 0.4) is 0 Å². The van der Waals surface area contributed by atoms with E-state index in [2.05, 4.69) is 58.6 Å². The summed E-state index contributed by atoms with van der Waals surface area (Å²) in [4.78, 5) is 0. The number of hydrogen-bond acceptors (Lipinski definition) is 0. The number of rotatable bonds is 4. The SMILES string of the molecule is C=CCC/C=C/C.CC(C)=CC=C(C)C. The van der Waals surface area contributed by atoms with E-state index in [1.54, 1.807) is 0 Å². The zero-order valence-corrected chi connectivity index (χ0v) is 11.0. The number of allylic oxidation sites excluding steroid dienone is 7. The fraction of sp³-hybridized carbons (Fsp3) is 0.467. The Morgan fingerprint density at radius 2 is 1.40 bits per heavy atom. The van der Waals surface area contributed by atoms with Crippen molar-refractivity contribution in [2.45, 2.75) is 47.5 Å². The third-order valence-electron chi connectivity index (χ3n) is 1.52. The fourth-order valence-corrected chi connectivity index (χ4v) is 0.714. The van der Waals surface area contributed by atoms with E-state index in [-0.39, 0.29) is 0 Å². The maximum Gasteiger partial charge on any atom is -0.0316 e. The first-order chi connectivity index (χ1) is 7.04. The predicted octanol–water partition coefficient (Wildman–Crippen LogP) is 5.45. The average Bonchev–Trinajstić information content (AvgIpc) is 2.17. The minimum absolute atomic E-state index is 1.10. The summed E-state index contributed by atoms with van der Waals surface area (Å²) in [5.74, 6) is 0. The van der Waals surface area contributed by atoms with Gasteiger partial charge in [0.15, 0.2) is 0 Å². The van der Waals surface area contributed by atoms with Gasteiger partial charge in [-0.15, -0.1) is 6.58 Å². The minimum Gasteiger partial charge on any atom is -0.103 e. The van der Waals surface area contributed by atoms with Crippen LogP contribution >= 0.6 is 0 Å². The van der Waals surface area contributed by atoms with Crippen molar-refractivity contribution in [3.05, 3.63) is 48.1 Å². The second kappa shape index (κ2) is 13.0. The van der Waals surface area contributed by atoms with E-state index in [9.17, 15) is 0 Å². The molecular formula is C15H26. The van der Waals surface area contributed by atoms with Gasteiger partial charge in [-0.3, -0.25) is 0 Å². The van der Waals surface area contributed by atoms with Crippen molar-refractivity contribution < 1.29 is 0 Å². The van der Waals surface area contributed by atoms with E-state index >= 15 is 0 Å². The smallest absolute Gasteiger partial charge is 0.0316 e. The fourth-order valence-electron chi connectivity index (χ4n) is 0.714. The summed E-state index contributed by atoms with van der Waals surface area (Å²) in [6, 6.07) is 0. The van der Waals surface area contributed by atoms with Crippen LogP contribution in [-0.2, 0) is 0 Å². The molecule has 0 aromatic heterocycles. The number of hydrogen-bond donors (Lipinski definition) is 0. The topological polar surface area (TPSA) is 0 Å². The summed E-state index contributed by atoms with van der Waals surface area (Å²) < 4.78 is 0. The summed E-state index contributed by atoms with van der Waals surface area (Å²) in [5.41, 5.74) is 2.71. The van der Waals surface area contributed by atoms with Crippen LogP contribution in [-0.4, -0.2) is 0 Å². The van der Waals surface area contributed by atoms with Gasteiger partial charge in [-0.25, -0.2) is 0 Å². The third kappa shape index (κ3) is 24.6. The van der Waals surface area contributed by atoms with E-state index in [4.69, 9.17) is 0 Å². The molecule has 0 aliphatic carbocycles. The van der Waals surface area contributed by atoms with E-state index in [1.165, 1.54) is 11.1 Å². The van der Waals surface area contributed by atoms with Crippen molar-refractivity contribution in [1.29, 1.82) is 0 Å². The molecule has 0 radical (unpaired) electrons. The van der Waals surface area contributed by atoms with Gasteiger partial charge in [0.25, 0.3) is 0 Å². The highest BCUT2D eigenvalue weighted by Gasteiger charge is 1.72. The highest BCUT2D eigenvalue weighted by molar-refractivity contribution is 5.12. The van der Waals surface area contributed by atoms with Crippen molar-refractivity contribution in [3.63, 3.8) is 0 Å². The molecule has 0 atom stereocenters. The van der Waals surface area contributed by atoms with Crippen molar-refractivity contribution in [2.75, 3.05) is 0 Å².